The highest BCUT2D eigenvalue weighted by Gasteiger charge is 2.24. The maximum absolute atomic E-state index is 13.2. The molecule has 0 bridgehead atoms. The van der Waals surface area contributed by atoms with Gasteiger partial charge in [0.25, 0.3) is 15.9 Å². The van der Waals surface area contributed by atoms with Crippen LogP contribution < -0.4 is 15.4 Å². The lowest BCUT2D eigenvalue weighted by Gasteiger charge is -2.23. The SMILES string of the molecule is CCN(c1ccccc1)S(=O)(=O)c1cccc(C(=O)Nc2cc(Cl)c(N)c(Cl)c2)c1. The van der Waals surface area contributed by atoms with Crippen LogP contribution in [0.1, 0.15) is 17.3 Å². The predicted molar refractivity (Wildman–Crippen MR) is 122 cm³/mol. The van der Waals surface area contributed by atoms with Gasteiger partial charge in [0.05, 0.1) is 26.3 Å². The minimum atomic E-state index is -3.86. The minimum Gasteiger partial charge on any atom is -0.396 e. The number of hydrogen-bond donors (Lipinski definition) is 2. The molecule has 0 saturated carbocycles. The van der Waals surface area contributed by atoms with Crippen LogP contribution in [0.5, 0.6) is 0 Å². The first kappa shape index (κ1) is 22.0. The number of nitrogens with one attached hydrogen (secondary N) is 1. The number of para-hydroxylation sites is 1. The summed E-state index contributed by atoms with van der Waals surface area (Å²) >= 11 is 12.0. The number of rotatable bonds is 6. The summed E-state index contributed by atoms with van der Waals surface area (Å²) in [5, 5.41) is 3.06. The van der Waals surface area contributed by atoms with E-state index in [2.05, 4.69) is 5.32 Å². The molecule has 0 saturated heterocycles. The Morgan fingerprint density at radius 1 is 1.00 bits per heavy atom. The van der Waals surface area contributed by atoms with Crippen LogP contribution in [-0.2, 0) is 10.0 Å². The van der Waals surface area contributed by atoms with Crippen molar-refractivity contribution in [2.75, 3.05) is 21.9 Å². The van der Waals surface area contributed by atoms with Crippen molar-refractivity contribution < 1.29 is 13.2 Å². The van der Waals surface area contributed by atoms with Crippen molar-refractivity contribution in [3.05, 3.63) is 82.3 Å². The second kappa shape index (κ2) is 8.95. The second-order valence-corrected chi connectivity index (χ2v) is 9.02. The fourth-order valence-corrected chi connectivity index (χ4v) is 4.88. The number of carbonyl (C=O) groups is 1. The van der Waals surface area contributed by atoms with Gasteiger partial charge in [-0.2, -0.15) is 0 Å². The smallest absolute Gasteiger partial charge is 0.264 e. The zero-order chi connectivity index (χ0) is 21.9. The molecule has 3 rings (SSSR count). The highest BCUT2D eigenvalue weighted by atomic mass is 35.5. The van der Waals surface area contributed by atoms with Crippen molar-refractivity contribution in [2.24, 2.45) is 0 Å². The third kappa shape index (κ3) is 4.53. The number of nitrogens with zero attached hydrogens (tertiary/aromatic N) is 1. The van der Waals surface area contributed by atoms with Gasteiger partial charge in [0, 0.05) is 17.8 Å². The zero-order valence-corrected chi connectivity index (χ0v) is 18.3. The Balaban J connectivity index is 1.91. The number of amides is 1. The van der Waals surface area contributed by atoms with Crippen molar-refractivity contribution in [2.45, 2.75) is 11.8 Å². The summed E-state index contributed by atoms with van der Waals surface area (Å²) in [4.78, 5) is 12.7. The van der Waals surface area contributed by atoms with Gasteiger partial charge in [-0.15, -0.1) is 0 Å². The van der Waals surface area contributed by atoms with Gasteiger partial charge in [-0.05, 0) is 49.4 Å². The number of nitrogens with two attached hydrogens (primary N) is 1. The van der Waals surface area contributed by atoms with E-state index in [1.165, 1.54) is 40.7 Å². The summed E-state index contributed by atoms with van der Waals surface area (Å²) in [5.41, 5.74) is 6.97. The van der Waals surface area contributed by atoms with Gasteiger partial charge in [0.15, 0.2) is 0 Å². The number of hydrogen-bond acceptors (Lipinski definition) is 4. The van der Waals surface area contributed by atoms with E-state index >= 15 is 0 Å². The molecule has 0 fully saturated rings. The number of halogens is 2. The van der Waals surface area contributed by atoms with Crippen molar-refractivity contribution in [3.63, 3.8) is 0 Å². The molecule has 0 aliphatic carbocycles. The molecule has 0 spiro atoms. The molecule has 3 N–H and O–H groups in total. The molecule has 0 radical (unpaired) electrons. The van der Waals surface area contributed by atoms with Crippen LogP contribution in [-0.4, -0.2) is 20.9 Å². The van der Waals surface area contributed by atoms with Gasteiger partial charge in [0.2, 0.25) is 0 Å². The molecule has 0 aliphatic rings. The summed E-state index contributed by atoms with van der Waals surface area (Å²) in [7, 11) is -3.86. The molecule has 0 heterocycles. The van der Waals surface area contributed by atoms with Gasteiger partial charge >= 0.3 is 0 Å². The molecule has 6 nitrogen and oxygen atoms in total. The maximum Gasteiger partial charge on any atom is 0.264 e. The van der Waals surface area contributed by atoms with Crippen LogP contribution in [0, 0.1) is 0 Å². The van der Waals surface area contributed by atoms with E-state index in [1.54, 1.807) is 31.2 Å². The summed E-state index contributed by atoms with van der Waals surface area (Å²) in [5.74, 6) is -0.508. The van der Waals surface area contributed by atoms with Crippen LogP contribution >= 0.6 is 23.2 Å². The molecule has 0 atom stereocenters. The number of sulfonamides is 1. The van der Waals surface area contributed by atoms with E-state index in [4.69, 9.17) is 28.9 Å². The Kier molecular flexibility index (Phi) is 6.55. The normalized spacial score (nSPS) is 11.2. The number of nitrogen functional groups attached to an aromatic ring is 1. The molecule has 9 heteroatoms. The largest absolute Gasteiger partial charge is 0.396 e. The second-order valence-electron chi connectivity index (χ2n) is 6.34. The highest BCUT2D eigenvalue weighted by molar-refractivity contribution is 7.92. The van der Waals surface area contributed by atoms with Crippen LogP contribution in [0.2, 0.25) is 10.0 Å². The molecule has 30 heavy (non-hydrogen) atoms. The molecule has 156 valence electrons. The van der Waals surface area contributed by atoms with E-state index in [1.807, 2.05) is 6.07 Å². The standard InChI is InChI=1S/C21H19Cl2N3O3S/c1-2-26(16-8-4-3-5-9-16)30(28,29)17-10-6-7-14(11-17)21(27)25-15-12-18(22)20(24)19(23)13-15/h3-13H,2,24H2,1H3,(H,25,27). The Bertz CT molecular complexity index is 1160. The van der Waals surface area contributed by atoms with Crippen molar-refractivity contribution in [1.82, 2.24) is 0 Å². The lowest BCUT2D eigenvalue weighted by molar-refractivity contribution is 0.102. The van der Waals surface area contributed by atoms with Gasteiger partial charge in [-0.25, -0.2) is 8.42 Å². The maximum atomic E-state index is 13.2. The van der Waals surface area contributed by atoms with Crippen molar-refractivity contribution >= 4 is 56.2 Å². The lowest BCUT2D eigenvalue weighted by Crippen LogP contribution is -2.30. The summed E-state index contributed by atoms with van der Waals surface area (Å²) < 4.78 is 27.6. The Labute approximate surface area is 185 Å². The minimum absolute atomic E-state index is 0.00854. The zero-order valence-electron chi connectivity index (χ0n) is 16.0. The Hall–Kier alpha value is -2.74. The van der Waals surface area contributed by atoms with E-state index in [-0.39, 0.29) is 32.7 Å². The fourth-order valence-electron chi connectivity index (χ4n) is 2.87. The van der Waals surface area contributed by atoms with Gasteiger partial charge in [0.1, 0.15) is 0 Å². The first-order chi connectivity index (χ1) is 14.2. The monoisotopic (exact) mass is 463 g/mol. The molecule has 3 aromatic rings. The number of benzene rings is 3. The first-order valence-electron chi connectivity index (χ1n) is 8.97. The molecule has 3 aromatic carbocycles. The molecular weight excluding hydrogens is 445 g/mol. The van der Waals surface area contributed by atoms with Crippen molar-refractivity contribution in [3.8, 4) is 0 Å². The fraction of sp³-hybridized carbons (Fsp3) is 0.0952. The first-order valence-corrected chi connectivity index (χ1v) is 11.2. The van der Waals surface area contributed by atoms with Crippen molar-refractivity contribution in [1.29, 1.82) is 0 Å². The van der Waals surface area contributed by atoms with E-state index in [9.17, 15) is 13.2 Å². The third-order valence-corrected chi connectivity index (χ3v) is 6.88. The average Bonchev–Trinajstić information content (AvgIpc) is 2.73. The topological polar surface area (TPSA) is 92.5 Å². The number of anilines is 3. The Morgan fingerprint density at radius 3 is 2.23 bits per heavy atom. The molecule has 0 aromatic heterocycles. The molecular formula is C21H19Cl2N3O3S. The Morgan fingerprint density at radius 2 is 1.63 bits per heavy atom. The van der Waals surface area contributed by atoms with Gasteiger partial charge < -0.3 is 11.1 Å². The molecule has 0 aliphatic heterocycles. The lowest BCUT2D eigenvalue weighted by atomic mass is 10.2. The van der Waals surface area contributed by atoms with Gasteiger partial charge in [-0.3, -0.25) is 9.10 Å². The van der Waals surface area contributed by atoms with Crippen LogP contribution in [0.4, 0.5) is 17.1 Å². The highest BCUT2D eigenvalue weighted by Crippen LogP contribution is 2.31. The van der Waals surface area contributed by atoms with E-state index in [0.717, 1.165) is 0 Å². The molecule has 0 unspecified atom stereocenters. The average molecular weight is 464 g/mol. The molecule has 1 amide bonds. The predicted octanol–water partition coefficient (Wildman–Crippen LogP) is 5.04. The quantitative estimate of drug-likeness (QED) is 0.500. The van der Waals surface area contributed by atoms with Crippen LogP contribution in [0.3, 0.4) is 0 Å². The third-order valence-electron chi connectivity index (χ3n) is 4.35. The summed E-state index contributed by atoms with van der Waals surface area (Å²) in [6.45, 7) is 1.99. The van der Waals surface area contributed by atoms with Gasteiger partial charge in [-0.1, -0.05) is 47.5 Å². The number of carbonyl (C=O) groups excluding carboxylic acids is 1. The van der Waals surface area contributed by atoms with E-state index in [0.29, 0.717) is 11.4 Å². The summed E-state index contributed by atoms with van der Waals surface area (Å²) in [6, 6.07) is 17.5. The van der Waals surface area contributed by atoms with E-state index < -0.39 is 15.9 Å². The summed E-state index contributed by atoms with van der Waals surface area (Å²) in [6.07, 6.45) is 0. The van der Waals surface area contributed by atoms with Crippen LogP contribution in [0.15, 0.2) is 71.6 Å². The van der Waals surface area contributed by atoms with Crippen LogP contribution in [0.25, 0.3) is 0 Å².